The van der Waals surface area contributed by atoms with Gasteiger partial charge >= 0.3 is 0 Å². The van der Waals surface area contributed by atoms with Crippen LogP contribution in [0.2, 0.25) is 0 Å². The van der Waals surface area contributed by atoms with Crippen LogP contribution in [-0.2, 0) is 0 Å². The fourth-order valence-corrected chi connectivity index (χ4v) is 2.69. The molecule has 0 atom stereocenters. The Hall–Kier alpha value is -3.34. The highest BCUT2D eigenvalue weighted by Crippen LogP contribution is 2.24. The molecule has 4 nitrogen and oxygen atoms in total. The van der Waals surface area contributed by atoms with E-state index in [2.05, 4.69) is 9.97 Å². The molecule has 0 saturated heterocycles. The third kappa shape index (κ3) is 2.36. The zero-order chi connectivity index (χ0) is 16.5. The number of nitrogens with zero attached hydrogens (tertiary/aromatic N) is 3. The molecule has 0 aliphatic carbocycles. The Morgan fingerprint density at radius 1 is 0.917 bits per heavy atom. The molecule has 2 heterocycles. The summed E-state index contributed by atoms with van der Waals surface area (Å²) in [5.41, 5.74) is 1.69. The van der Waals surface area contributed by atoms with Gasteiger partial charge in [-0.1, -0.05) is 18.2 Å². The molecule has 0 fully saturated rings. The molecular weight excluding hydrogens is 305 g/mol. The van der Waals surface area contributed by atoms with E-state index >= 15 is 0 Å². The van der Waals surface area contributed by atoms with Crippen LogP contribution in [0.4, 0.5) is 4.39 Å². The van der Waals surface area contributed by atoms with Crippen molar-refractivity contribution < 1.29 is 9.18 Å². The minimum atomic E-state index is -0.376. The van der Waals surface area contributed by atoms with Crippen molar-refractivity contribution in [2.45, 2.75) is 0 Å². The summed E-state index contributed by atoms with van der Waals surface area (Å²) in [7, 11) is 0. The average molecular weight is 317 g/mol. The Labute approximate surface area is 137 Å². The quantitative estimate of drug-likeness (QED) is 0.540. The second-order valence-electron chi connectivity index (χ2n) is 5.31. The van der Waals surface area contributed by atoms with Crippen molar-refractivity contribution in [1.82, 2.24) is 14.5 Å². The molecule has 4 aromatic rings. The molecule has 116 valence electrons. The summed E-state index contributed by atoms with van der Waals surface area (Å²) < 4.78 is 14.9. The number of carbonyl (C=O) groups is 1. The first-order valence-corrected chi connectivity index (χ1v) is 7.42. The number of fused-ring (bicyclic) bond motifs is 1. The Morgan fingerprint density at radius 2 is 1.62 bits per heavy atom. The van der Waals surface area contributed by atoms with Gasteiger partial charge < -0.3 is 0 Å². The van der Waals surface area contributed by atoms with Gasteiger partial charge in [0.05, 0.1) is 11.2 Å². The third-order valence-corrected chi connectivity index (χ3v) is 3.80. The second kappa shape index (κ2) is 5.70. The zero-order valence-corrected chi connectivity index (χ0v) is 12.6. The molecule has 0 saturated carbocycles. The summed E-state index contributed by atoms with van der Waals surface area (Å²) in [6.45, 7) is 0. The number of hydrogen-bond acceptors (Lipinski definition) is 3. The van der Waals surface area contributed by atoms with Crippen molar-refractivity contribution in [1.29, 1.82) is 0 Å². The van der Waals surface area contributed by atoms with E-state index in [4.69, 9.17) is 0 Å². The molecule has 4 rings (SSSR count). The van der Waals surface area contributed by atoms with Gasteiger partial charge in [0.25, 0.3) is 0 Å². The van der Waals surface area contributed by atoms with Crippen LogP contribution in [-0.4, -0.2) is 20.3 Å². The third-order valence-electron chi connectivity index (χ3n) is 3.80. The number of para-hydroxylation sites is 1. The normalized spacial score (nSPS) is 10.9. The van der Waals surface area contributed by atoms with E-state index in [9.17, 15) is 9.18 Å². The van der Waals surface area contributed by atoms with Crippen molar-refractivity contribution >= 4 is 16.7 Å². The molecule has 0 radical (unpaired) electrons. The molecule has 0 amide bonds. The van der Waals surface area contributed by atoms with Crippen molar-refractivity contribution in [3.8, 4) is 5.95 Å². The van der Waals surface area contributed by atoms with Crippen LogP contribution >= 0.6 is 0 Å². The summed E-state index contributed by atoms with van der Waals surface area (Å²) >= 11 is 0. The highest BCUT2D eigenvalue weighted by atomic mass is 19.1. The van der Waals surface area contributed by atoms with Crippen LogP contribution < -0.4 is 0 Å². The summed E-state index contributed by atoms with van der Waals surface area (Å²) in [6.07, 6.45) is 3.26. The first kappa shape index (κ1) is 14.3. The van der Waals surface area contributed by atoms with Crippen molar-refractivity contribution in [2.75, 3.05) is 0 Å². The number of rotatable bonds is 3. The predicted molar refractivity (Wildman–Crippen MR) is 88.7 cm³/mol. The Bertz CT molecular complexity index is 1020. The molecule has 0 spiro atoms. The van der Waals surface area contributed by atoms with Gasteiger partial charge in [0.1, 0.15) is 5.82 Å². The van der Waals surface area contributed by atoms with Crippen LogP contribution in [0.5, 0.6) is 0 Å². The molecule has 5 heteroatoms. The maximum atomic E-state index is 13.1. The standard InChI is InChI=1S/C19H12FN3O/c20-15-8-6-13(7-9-15)18(24)17-12-14-4-1-2-5-16(14)23(17)19-21-10-3-11-22-19/h1-12H. The first-order valence-electron chi connectivity index (χ1n) is 7.42. The van der Waals surface area contributed by atoms with Crippen LogP contribution in [0.1, 0.15) is 16.1 Å². The molecule has 0 N–H and O–H groups in total. The molecule has 2 aromatic heterocycles. The lowest BCUT2D eigenvalue weighted by Crippen LogP contribution is -2.11. The highest BCUT2D eigenvalue weighted by molar-refractivity contribution is 6.11. The number of hydrogen-bond donors (Lipinski definition) is 0. The highest BCUT2D eigenvalue weighted by Gasteiger charge is 2.19. The topological polar surface area (TPSA) is 47.8 Å². The van der Waals surface area contributed by atoms with Crippen LogP contribution in [0, 0.1) is 5.82 Å². The number of carbonyl (C=O) groups excluding carboxylic acids is 1. The van der Waals surface area contributed by atoms with Gasteiger partial charge in [0.2, 0.25) is 11.7 Å². The van der Waals surface area contributed by atoms with Gasteiger partial charge in [0, 0.05) is 23.3 Å². The number of aromatic nitrogens is 3. The molecule has 24 heavy (non-hydrogen) atoms. The lowest BCUT2D eigenvalue weighted by atomic mass is 10.1. The number of halogens is 1. The zero-order valence-electron chi connectivity index (χ0n) is 12.6. The molecular formula is C19H12FN3O. The summed E-state index contributed by atoms with van der Waals surface area (Å²) in [5.74, 6) is -0.165. The van der Waals surface area contributed by atoms with Crippen LogP contribution in [0.3, 0.4) is 0 Å². The average Bonchev–Trinajstić information content (AvgIpc) is 3.02. The van der Waals surface area contributed by atoms with Crippen LogP contribution in [0.25, 0.3) is 16.9 Å². The van der Waals surface area contributed by atoms with E-state index in [0.29, 0.717) is 17.2 Å². The Balaban J connectivity index is 1.95. The minimum Gasteiger partial charge on any atom is -0.287 e. The molecule has 0 bridgehead atoms. The maximum Gasteiger partial charge on any atom is 0.234 e. The SMILES string of the molecule is O=C(c1ccc(F)cc1)c1cc2ccccc2n1-c1ncccn1. The largest absolute Gasteiger partial charge is 0.287 e. The lowest BCUT2D eigenvalue weighted by molar-refractivity contribution is 0.103. The van der Waals surface area contributed by atoms with Gasteiger partial charge in [-0.3, -0.25) is 9.36 Å². The fourth-order valence-electron chi connectivity index (χ4n) is 2.69. The predicted octanol–water partition coefficient (Wildman–Crippen LogP) is 3.79. The second-order valence-corrected chi connectivity index (χ2v) is 5.31. The van der Waals surface area contributed by atoms with E-state index in [-0.39, 0.29) is 11.6 Å². The molecule has 0 unspecified atom stereocenters. The van der Waals surface area contributed by atoms with E-state index in [0.717, 1.165) is 10.9 Å². The minimum absolute atomic E-state index is 0.210. The summed E-state index contributed by atoms with van der Waals surface area (Å²) in [5, 5.41) is 0.912. The molecule has 2 aromatic carbocycles. The first-order chi connectivity index (χ1) is 11.7. The van der Waals surface area contributed by atoms with Gasteiger partial charge in [-0.25, -0.2) is 14.4 Å². The van der Waals surface area contributed by atoms with E-state index in [1.54, 1.807) is 29.1 Å². The lowest BCUT2D eigenvalue weighted by Gasteiger charge is -2.08. The molecule has 0 aliphatic heterocycles. The maximum absolute atomic E-state index is 13.1. The van der Waals surface area contributed by atoms with E-state index < -0.39 is 0 Å². The summed E-state index contributed by atoms with van der Waals surface area (Å²) in [6, 6.07) is 16.7. The van der Waals surface area contributed by atoms with Crippen molar-refractivity contribution in [3.05, 3.63) is 90.1 Å². The van der Waals surface area contributed by atoms with Crippen molar-refractivity contribution in [2.24, 2.45) is 0 Å². The monoisotopic (exact) mass is 317 g/mol. The van der Waals surface area contributed by atoms with E-state index in [1.165, 1.54) is 24.3 Å². The summed E-state index contributed by atoms with van der Waals surface area (Å²) in [4.78, 5) is 21.4. The number of benzene rings is 2. The van der Waals surface area contributed by atoms with Gasteiger partial charge in [-0.2, -0.15) is 0 Å². The van der Waals surface area contributed by atoms with Crippen molar-refractivity contribution in [3.63, 3.8) is 0 Å². The fraction of sp³-hybridized carbons (Fsp3) is 0. The van der Waals surface area contributed by atoms with Gasteiger partial charge in [-0.15, -0.1) is 0 Å². The van der Waals surface area contributed by atoms with Crippen LogP contribution in [0.15, 0.2) is 73.1 Å². The van der Waals surface area contributed by atoms with E-state index in [1.807, 2.05) is 24.3 Å². The Kier molecular flexibility index (Phi) is 3.39. The van der Waals surface area contributed by atoms with Gasteiger partial charge in [0.15, 0.2) is 0 Å². The Morgan fingerprint density at radius 3 is 2.38 bits per heavy atom. The smallest absolute Gasteiger partial charge is 0.234 e. The van der Waals surface area contributed by atoms with Gasteiger partial charge in [-0.05, 0) is 42.5 Å². The number of ketones is 1. The molecule has 0 aliphatic rings.